The van der Waals surface area contributed by atoms with Gasteiger partial charge in [0.25, 0.3) is 5.91 Å². The first-order valence-corrected chi connectivity index (χ1v) is 5.34. The number of aromatic nitrogens is 1. The standard InChI is InChI=1S/C10H12ClN3O2/c11-9-8(3-6(12)4-13-9)10(16)14-2-1-7(15)5-14/h3-4,7,15H,1-2,5,12H2. The molecule has 3 N–H and O–H groups in total. The molecule has 1 aromatic heterocycles. The normalized spacial score (nSPS) is 20.1. The van der Waals surface area contributed by atoms with E-state index >= 15 is 0 Å². The van der Waals surface area contributed by atoms with Crippen LogP contribution < -0.4 is 5.73 Å². The first kappa shape index (κ1) is 11.2. The molecule has 1 aliphatic heterocycles. The predicted octanol–water partition coefficient (Wildman–Crippen LogP) is 0.524. The van der Waals surface area contributed by atoms with Gasteiger partial charge in [-0.3, -0.25) is 4.79 Å². The highest BCUT2D eigenvalue weighted by Gasteiger charge is 2.26. The van der Waals surface area contributed by atoms with Gasteiger partial charge in [-0.1, -0.05) is 11.6 Å². The highest BCUT2D eigenvalue weighted by atomic mass is 35.5. The van der Waals surface area contributed by atoms with Gasteiger partial charge < -0.3 is 15.7 Å². The number of halogens is 1. The van der Waals surface area contributed by atoms with Crippen molar-refractivity contribution < 1.29 is 9.90 Å². The van der Waals surface area contributed by atoms with Crippen molar-refractivity contribution in [3.05, 3.63) is 23.0 Å². The van der Waals surface area contributed by atoms with Gasteiger partial charge in [-0.15, -0.1) is 0 Å². The number of aliphatic hydroxyl groups is 1. The monoisotopic (exact) mass is 241 g/mol. The molecule has 0 radical (unpaired) electrons. The Hall–Kier alpha value is -1.33. The number of carbonyl (C=O) groups excluding carboxylic acids is 1. The van der Waals surface area contributed by atoms with E-state index in [1.54, 1.807) is 4.90 Å². The zero-order valence-corrected chi connectivity index (χ0v) is 9.31. The van der Waals surface area contributed by atoms with Crippen LogP contribution in [0.15, 0.2) is 12.3 Å². The molecule has 86 valence electrons. The summed E-state index contributed by atoms with van der Waals surface area (Å²) in [6, 6.07) is 1.50. The van der Waals surface area contributed by atoms with Crippen molar-refractivity contribution in [1.29, 1.82) is 0 Å². The third-order valence-corrected chi connectivity index (χ3v) is 2.84. The largest absolute Gasteiger partial charge is 0.397 e. The van der Waals surface area contributed by atoms with Gasteiger partial charge >= 0.3 is 0 Å². The van der Waals surface area contributed by atoms with Gasteiger partial charge in [-0.2, -0.15) is 0 Å². The molecule has 5 nitrogen and oxygen atoms in total. The van der Waals surface area contributed by atoms with Crippen LogP contribution in [0.1, 0.15) is 16.8 Å². The summed E-state index contributed by atoms with van der Waals surface area (Å²) in [5.74, 6) is -0.235. The zero-order valence-electron chi connectivity index (χ0n) is 8.56. The van der Waals surface area contributed by atoms with Gasteiger partial charge in [-0.25, -0.2) is 4.98 Å². The smallest absolute Gasteiger partial charge is 0.257 e. The number of rotatable bonds is 1. The molecule has 0 spiro atoms. The van der Waals surface area contributed by atoms with Crippen LogP contribution in [0.3, 0.4) is 0 Å². The molecular formula is C10H12ClN3O2. The summed E-state index contributed by atoms with van der Waals surface area (Å²) in [6.07, 6.45) is 1.55. The van der Waals surface area contributed by atoms with Gasteiger partial charge in [0.15, 0.2) is 0 Å². The number of aliphatic hydroxyl groups excluding tert-OH is 1. The number of carbonyl (C=O) groups is 1. The third kappa shape index (κ3) is 2.10. The number of amides is 1. The van der Waals surface area contributed by atoms with Crippen LogP contribution in [0.5, 0.6) is 0 Å². The fourth-order valence-electron chi connectivity index (χ4n) is 1.71. The molecule has 0 aromatic carbocycles. The van der Waals surface area contributed by atoms with Crippen molar-refractivity contribution in [2.24, 2.45) is 0 Å². The lowest BCUT2D eigenvalue weighted by molar-refractivity contribution is 0.0765. The number of β-amino-alcohol motifs (C(OH)–C–C–N with tert-alkyl or cyclic N) is 1. The van der Waals surface area contributed by atoms with E-state index in [1.807, 2.05) is 0 Å². The predicted molar refractivity (Wildman–Crippen MR) is 60.2 cm³/mol. The second-order valence-electron chi connectivity index (χ2n) is 3.80. The molecule has 2 rings (SSSR count). The Bertz CT molecular complexity index is 425. The Morgan fingerprint density at radius 3 is 3.06 bits per heavy atom. The average Bonchev–Trinajstić information content (AvgIpc) is 2.67. The van der Waals surface area contributed by atoms with Gasteiger partial charge in [0.2, 0.25) is 0 Å². The first-order chi connectivity index (χ1) is 7.58. The summed E-state index contributed by atoms with van der Waals surface area (Å²) >= 11 is 5.83. The third-order valence-electron chi connectivity index (χ3n) is 2.54. The number of hydrogen-bond donors (Lipinski definition) is 2. The molecule has 0 bridgehead atoms. The Morgan fingerprint density at radius 2 is 2.44 bits per heavy atom. The SMILES string of the molecule is Nc1cnc(Cl)c(C(=O)N2CCC(O)C2)c1. The molecule has 2 heterocycles. The number of anilines is 1. The van der Waals surface area contributed by atoms with Crippen LogP contribution in [-0.4, -0.2) is 40.1 Å². The second kappa shape index (κ2) is 4.27. The molecule has 1 aliphatic rings. The fraction of sp³-hybridized carbons (Fsp3) is 0.400. The van der Waals surface area contributed by atoms with Crippen LogP contribution >= 0.6 is 11.6 Å². The lowest BCUT2D eigenvalue weighted by atomic mass is 10.2. The summed E-state index contributed by atoms with van der Waals surface area (Å²) in [4.78, 5) is 17.4. The van der Waals surface area contributed by atoms with E-state index in [0.29, 0.717) is 25.2 Å². The van der Waals surface area contributed by atoms with E-state index in [9.17, 15) is 9.90 Å². The quantitative estimate of drug-likeness (QED) is 0.703. The number of nitrogens with zero attached hydrogens (tertiary/aromatic N) is 2. The summed E-state index contributed by atoms with van der Waals surface area (Å²) in [5.41, 5.74) is 6.23. The van der Waals surface area contributed by atoms with Crippen LogP contribution in [0, 0.1) is 0 Å². The van der Waals surface area contributed by atoms with E-state index in [1.165, 1.54) is 12.3 Å². The van der Waals surface area contributed by atoms with Crippen LogP contribution in [0.4, 0.5) is 5.69 Å². The first-order valence-electron chi connectivity index (χ1n) is 4.96. The van der Waals surface area contributed by atoms with Crippen LogP contribution in [0.25, 0.3) is 0 Å². The van der Waals surface area contributed by atoms with Crippen molar-refractivity contribution in [1.82, 2.24) is 9.88 Å². The summed E-state index contributed by atoms with van der Waals surface area (Å²) < 4.78 is 0. The van der Waals surface area contributed by atoms with Gasteiger partial charge in [0.05, 0.1) is 23.6 Å². The molecule has 1 unspecified atom stereocenters. The number of nitrogens with two attached hydrogens (primary N) is 1. The number of hydrogen-bond acceptors (Lipinski definition) is 4. The maximum atomic E-state index is 12.0. The van der Waals surface area contributed by atoms with Crippen molar-refractivity contribution in [3.8, 4) is 0 Å². The van der Waals surface area contributed by atoms with Crippen LogP contribution in [-0.2, 0) is 0 Å². The minimum absolute atomic E-state index is 0.139. The fourth-order valence-corrected chi connectivity index (χ4v) is 1.90. The van der Waals surface area contributed by atoms with E-state index in [0.717, 1.165) is 0 Å². The average molecular weight is 242 g/mol. The summed E-state index contributed by atoms with van der Waals surface area (Å²) in [5, 5.41) is 9.49. The molecule has 0 saturated carbocycles. The van der Waals surface area contributed by atoms with E-state index in [2.05, 4.69) is 4.98 Å². The number of pyridine rings is 1. The molecule has 1 atom stereocenters. The van der Waals surface area contributed by atoms with Gasteiger partial charge in [0, 0.05) is 13.1 Å². The Morgan fingerprint density at radius 1 is 1.69 bits per heavy atom. The molecule has 16 heavy (non-hydrogen) atoms. The lowest BCUT2D eigenvalue weighted by Gasteiger charge is -2.16. The number of likely N-dealkylation sites (tertiary alicyclic amines) is 1. The Kier molecular flexibility index (Phi) is 2.98. The second-order valence-corrected chi connectivity index (χ2v) is 4.16. The maximum Gasteiger partial charge on any atom is 0.257 e. The van der Waals surface area contributed by atoms with Crippen molar-refractivity contribution >= 4 is 23.2 Å². The van der Waals surface area contributed by atoms with Crippen molar-refractivity contribution in [3.63, 3.8) is 0 Å². The van der Waals surface area contributed by atoms with Gasteiger partial charge in [-0.05, 0) is 12.5 Å². The molecule has 6 heteroatoms. The maximum absolute atomic E-state index is 12.0. The highest BCUT2D eigenvalue weighted by molar-refractivity contribution is 6.32. The van der Waals surface area contributed by atoms with Crippen molar-refractivity contribution in [2.75, 3.05) is 18.8 Å². The minimum Gasteiger partial charge on any atom is -0.397 e. The van der Waals surface area contributed by atoms with E-state index in [-0.39, 0.29) is 16.6 Å². The van der Waals surface area contributed by atoms with Crippen molar-refractivity contribution in [2.45, 2.75) is 12.5 Å². The summed E-state index contributed by atoms with van der Waals surface area (Å²) in [7, 11) is 0. The molecular weight excluding hydrogens is 230 g/mol. The summed E-state index contributed by atoms with van der Waals surface area (Å²) in [6.45, 7) is 0.870. The Labute approximate surface area is 97.8 Å². The molecule has 1 amide bonds. The number of nitrogen functional groups attached to an aromatic ring is 1. The van der Waals surface area contributed by atoms with Crippen LogP contribution in [0.2, 0.25) is 5.15 Å². The van der Waals surface area contributed by atoms with E-state index < -0.39 is 6.10 Å². The molecule has 1 aromatic rings. The van der Waals surface area contributed by atoms with E-state index in [4.69, 9.17) is 17.3 Å². The lowest BCUT2D eigenvalue weighted by Crippen LogP contribution is -2.30. The Balaban J connectivity index is 2.23. The zero-order chi connectivity index (χ0) is 11.7. The minimum atomic E-state index is -0.447. The molecule has 0 aliphatic carbocycles. The topological polar surface area (TPSA) is 79.5 Å². The molecule has 1 fully saturated rings. The highest BCUT2D eigenvalue weighted by Crippen LogP contribution is 2.20. The van der Waals surface area contributed by atoms with Gasteiger partial charge in [0.1, 0.15) is 5.15 Å². The molecule has 1 saturated heterocycles.